The SMILES string of the molecule is N#Cc1cc(Cl)ccc1C(C(N)=O)c1nc2ccc(N3CCOCC3)cc2[nH]1. The predicted octanol–water partition coefficient (Wildman–Crippen LogP) is 2.54. The standard InChI is InChI=1S/C20H18ClN5O2/c21-13-1-3-15(12(9-13)11-22)18(19(23)27)20-24-16-4-2-14(10-17(16)25-20)26-5-7-28-8-6-26/h1-4,9-10,18H,5-8H2,(H2,23,27)(H,24,25). The molecule has 3 aromatic rings. The Morgan fingerprint density at radius 1 is 1.29 bits per heavy atom. The molecular weight excluding hydrogens is 378 g/mol. The number of rotatable bonds is 4. The zero-order valence-corrected chi connectivity index (χ0v) is 15.7. The number of nitriles is 1. The van der Waals surface area contributed by atoms with E-state index in [9.17, 15) is 10.1 Å². The van der Waals surface area contributed by atoms with Gasteiger partial charge in [0.25, 0.3) is 0 Å². The molecule has 28 heavy (non-hydrogen) atoms. The molecule has 1 fully saturated rings. The minimum atomic E-state index is -0.869. The van der Waals surface area contributed by atoms with Gasteiger partial charge in [0.05, 0.1) is 35.9 Å². The topological polar surface area (TPSA) is 108 Å². The highest BCUT2D eigenvalue weighted by Gasteiger charge is 2.27. The van der Waals surface area contributed by atoms with Crippen LogP contribution in [0.1, 0.15) is 22.9 Å². The smallest absolute Gasteiger partial charge is 0.232 e. The third kappa shape index (κ3) is 3.40. The molecule has 142 valence electrons. The van der Waals surface area contributed by atoms with Crippen molar-refractivity contribution in [2.45, 2.75) is 5.92 Å². The predicted molar refractivity (Wildman–Crippen MR) is 106 cm³/mol. The fraction of sp³-hybridized carbons (Fsp3) is 0.250. The summed E-state index contributed by atoms with van der Waals surface area (Å²) < 4.78 is 5.40. The van der Waals surface area contributed by atoms with Crippen LogP contribution >= 0.6 is 11.6 Å². The summed E-state index contributed by atoms with van der Waals surface area (Å²) in [6.45, 7) is 3.05. The summed E-state index contributed by atoms with van der Waals surface area (Å²) in [5.41, 5.74) is 9.04. The summed E-state index contributed by atoms with van der Waals surface area (Å²) in [5.74, 6) is -1.06. The van der Waals surface area contributed by atoms with Gasteiger partial charge in [-0.2, -0.15) is 5.26 Å². The van der Waals surface area contributed by atoms with E-state index in [1.807, 2.05) is 18.2 Å². The van der Waals surface area contributed by atoms with Gasteiger partial charge in [0, 0.05) is 23.8 Å². The van der Waals surface area contributed by atoms with Gasteiger partial charge in [-0.05, 0) is 35.9 Å². The van der Waals surface area contributed by atoms with Crippen LogP contribution < -0.4 is 10.6 Å². The Kier molecular flexibility index (Phi) is 4.90. The summed E-state index contributed by atoms with van der Waals surface area (Å²) in [6, 6.07) is 12.8. The van der Waals surface area contributed by atoms with Crippen molar-refractivity contribution >= 4 is 34.2 Å². The van der Waals surface area contributed by atoms with Gasteiger partial charge < -0.3 is 20.4 Å². The Morgan fingerprint density at radius 2 is 2.07 bits per heavy atom. The van der Waals surface area contributed by atoms with Crippen LogP contribution in [0.15, 0.2) is 36.4 Å². The highest BCUT2D eigenvalue weighted by Crippen LogP contribution is 2.30. The number of nitrogens with one attached hydrogen (secondary N) is 1. The van der Waals surface area contributed by atoms with E-state index in [4.69, 9.17) is 22.1 Å². The Labute approximate surface area is 166 Å². The largest absolute Gasteiger partial charge is 0.378 e. The lowest BCUT2D eigenvalue weighted by Gasteiger charge is -2.28. The van der Waals surface area contributed by atoms with Gasteiger partial charge in [-0.3, -0.25) is 4.79 Å². The molecule has 3 N–H and O–H groups in total. The number of carbonyl (C=O) groups excluding carboxylic acids is 1. The van der Waals surface area contributed by atoms with Crippen LogP contribution in [-0.2, 0) is 9.53 Å². The summed E-state index contributed by atoms with van der Waals surface area (Å²) in [7, 11) is 0. The number of primary amides is 1. The minimum absolute atomic E-state index is 0.297. The lowest BCUT2D eigenvalue weighted by atomic mass is 9.93. The van der Waals surface area contributed by atoms with Crippen molar-refractivity contribution in [3.05, 3.63) is 58.4 Å². The van der Waals surface area contributed by atoms with Gasteiger partial charge in [0.1, 0.15) is 11.7 Å². The average Bonchev–Trinajstić information content (AvgIpc) is 3.12. The van der Waals surface area contributed by atoms with E-state index < -0.39 is 11.8 Å². The maximum absolute atomic E-state index is 12.2. The van der Waals surface area contributed by atoms with Crippen LogP contribution in [0.25, 0.3) is 11.0 Å². The molecule has 2 heterocycles. The number of amides is 1. The number of H-pyrrole nitrogens is 1. The van der Waals surface area contributed by atoms with Crippen molar-refractivity contribution in [3.63, 3.8) is 0 Å². The van der Waals surface area contributed by atoms with Crippen molar-refractivity contribution in [2.24, 2.45) is 5.73 Å². The van der Waals surface area contributed by atoms with Crippen LogP contribution in [0, 0.1) is 11.3 Å². The Hall–Kier alpha value is -3.08. The Bertz CT molecular complexity index is 1080. The number of imidazole rings is 1. The number of carbonyl (C=O) groups is 1. The fourth-order valence-corrected chi connectivity index (χ4v) is 3.66. The first-order valence-electron chi connectivity index (χ1n) is 8.88. The third-order valence-corrected chi connectivity index (χ3v) is 5.10. The van der Waals surface area contributed by atoms with Gasteiger partial charge in [-0.1, -0.05) is 17.7 Å². The quantitative estimate of drug-likeness (QED) is 0.705. The monoisotopic (exact) mass is 395 g/mol. The molecule has 0 saturated carbocycles. The number of benzene rings is 2. The lowest BCUT2D eigenvalue weighted by molar-refractivity contribution is -0.118. The van der Waals surface area contributed by atoms with Crippen LogP contribution in [0.4, 0.5) is 5.69 Å². The minimum Gasteiger partial charge on any atom is -0.378 e. The van der Waals surface area contributed by atoms with Gasteiger partial charge >= 0.3 is 0 Å². The zero-order chi connectivity index (χ0) is 19.7. The van der Waals surface area contributed by atoms with Gasteiger partial charge in [-0.15, -0.1) is 0 Å². The first kappa shape index (κ1) is 18.3. The molecule has 1 atom stereocenters. The first-order chi connectivity index (χ1) is 13.6. The number of aromatic amines is 1. The molecular formula is C20H18ClN5O2. The fourth-order valence-electron chi connectivity index (χ4n) is 3.48. The molecule has 1 saturated heterocycles. The van der Waals surface area contributed by atoms with Crippen LogP contribution in [0.3, 0.4) is 0 Å². The number of hydrogen-bond acceptors (Lipinski definition) is 5. The maximum Gasteiger partial charge on any atom is 0.232 e. The molecule has 0 radical (unpaired) electrons. The number of halogens is 1. The van der Waals surface area contributed by atoms with E-state index in [1.54, 1.807) is 12.1 Å². The van der Waals surface area contributed by atoms with Crippen LogP contribution in [-0.4, -0.2) is 42.2 Å². The molecule has 2 aromatic carbocycles. The van der Waals surface area contributed by atoms with Crippen molar-refractivity contribution in [1.29, 1.82) is 5.26 Å². The molecule has 1 aliphatic rings. The van der Waals surface area contributed by atoms with Crippen molar-refractivity contribution < 1.29 is 9.53 Å². The lowest BCUT2D eigenvalue weighted by Crippen LogP contribution is -2.36. The van der Waals surface area contributed by atoms with Crippen LogP contribution in [0.2, 0.25) is 5.02 Å². The van der Waals surface area contributed by atoms with Crippen molar-refractivity contribution in [3.8, 4) is 6.07 Å². The summed E-state index contributed by atoms with van der Waals surface area (Å²) in [4.78, 5) is 22.2. The second-order valence-electron chi connectivity index (χ2n) is 6.60. The Balaban J connectivity index is 1.76. The molecule has 1 amide bonds. The summed E-state index contributed by atoms with van der Waals surface area (Å²) in [6.07, 6.45) is 0. The number of aromatic nitrogens is 2. The molecule has 7 nitrogen and oxygen atoms in total. The van der Waals surface area contributed by atoms with Gasteiger partial charge in [-0.25, -0.2) is 4.98 Å². The number of morpholine rings is 1. The summed E-state index contributed by atoms with van der Waals surface area (Å²) in [5, 5.41) is 9.85. The van der Waals surface area contributed by atoms with Crippen molar-refractivity contribution in [1.82, 2.24) is 9.97 Å². The number of anilines is 1. The van der Waals surface area contributed by atoms with E-state index >= 15 is 0 Å². The molecule has 8 heteroatoms. The maximum atomic E-state index is 12.2. The number of fused-ring (bicyclic) bond motifs is 1. The van der Waals surface area contributed by atoms with E-state index in [0.717, 1.165) is 29.8 Å². The second kappa shape index (κ2) is 7.50. The number of hydrogen-bond donors (Lipinski definition) is 2. The molecule has 0 bridgehead atoms. The molecule has 0 spiro atoms. The van der Waals surface area contributed by atoms with E-state index in [0.29, 0.717) is 35.2 Å². The van der Waals surface area contributed by atoms with Crippen molar-refractivity contribution in [2.75, 3.05) is 31.2 Å². The Morgan fingerprint density at radius 3 is 2.79 bits per heavy atom. The van der Waals surface area contributed by atoms with E-state index in [1.165, 1.54) is 6.07 Å². The summed E-state index contributed by atoms with van der Waals surface area (Å²) >= 11 is 5.98. The van der Waals surface area contributed by atoms with Gasteiger partial charge in [0.2, 0.25) is 5.91 Å². The third-order valence-electron chi connectivity index (χ3n) is 4.86. The normalized spacial score (nSPS) is 15.4. The second-order valence-corrected chi connectivity index (χ2v) is 7.04. The number of ether oxygens (including phenoxy) is 1. The first-order valence-corrected chi connectivity index (χ1v) is 9.26. The van der Waals surface area contributed by atoms with E-state index in [2.05, 4.69) is 20.9 Å². The highest BCUT2D eigenvalue weighted by molar-refractivity contribution is 6.30. The zero-order valence-electron chi connectivity index (χ0n) is 15.0. The number of nitrogens with zero attached hydrogens (tertiary/aromatic N) is 3. The molecule has 1 unspecified atom stereocenters. The molecule has 4 rings (SSSR count). The molecule has 1 aromatic heterocycles. The molecule has 1 aliphatic heterocycles. The van der Waals surface area contributed by atoms with Crippen LogP contribution in [0.5, 0.6) is 0 Å². The number of nitrogens with two attached hydrogens (primary N) is 1. The molecule has 0 aliphatic carbocycles. The average molecular weight is 396 g/mol. The highest BCUT2D eigenvalue weighted by atomic mass is 35.5. The van der Waals surface area contributed by atoms with Gasteiger partial charge in [0.15, 0.2) is 0 Å². The van der Waals surface area contributed by atoms with E-state index in [-0.39, 0.29) is 0 Å².